The van der Waals surface area contributed by atoms with Gasteiger partial charge in [-0.05, 0) is 42.2 Å². The molecule has 8 heteroatoms. The molecule has 3 aromatic rings. The lowest BCUT2D eigenvalue weighted by atomic mass is 9.77. The molecule has 1 spiro atoms. The maximum Gasteiger partial charge on any atom is 0.329 e. The van der Waals surface area contributed by atoms with Gasteiger partial charge in [0.25, 0.3) is 0 Å². The van der Waals surface area contributed by atoms with Crippen LogP contribution in [0.4, 0.5) is 0 Å². The third-order valence-corrected chi connectivity index (χ3v) is 7.14. The predicted octanol–water partition coefficient (Wildman–Crippen LogP) is 3.64. The lowest BCUT2D eigenvalue weighted by Gasteiger charge is -2.45. The molecule has 0 saturated heterocycles. The number of esters is 1. The number of aromatic nitrogens is 1. The first-order chi connectivity index (χ1) is 15.6. The quantitative estimate of drug-likeness (QED) is 0.484. The van der Waals surface area contributed by atoms with Crippen LogP contribution in [-0.2, 0) is 19.7 Å². The Kier molecular flexibility index (Phi) is 4.21. The molecule has 32 heavy (non-hydrogen) atoms. The molecule has 2 aliphatic heterocycles. The van der Waals surface area contributed by atoms with E-state index in [1.807, 2.05) is 36.4 Å². The lowest BCUT2D eigenvalue weighted by Crippen LogP contribution is -2.57. The van der Waals surface area contributed by atoms with E-state index < -0.39 is 23.5 Å². The number of hydrogen-bond donors (Lipinski definition) is 1. The minimum Gasteiger partial charge on any atom is -0.467 e. The fraction of sp³-hybridized carbons (Fsp3) is 0.333. The van der Waals surface area contributed by atoms with Crippen molar-refractivity contribution in [3.05, 3.63) is 59.3 Å². The number of ether oxygens (including phenoxy) is 3. The number of halogens is 1. The molecule has 1 saturated carbocycles. The van der Waals surface area contributed by atoms with Crippen molar-refractivity contribution < 1.29 is 23.8 Å². The molecule has 1 aromatic heterocycles. The van der Waals surface area contributed by atoms with Gasteiger partial charge in [0, 0.05) is 22.0 Å². The number of hydrogen-bond acceptors (Lipinski definition) is 5. The van der Waals surface area contributed by atoms with Crippen molar-refractivity contribution in [3.8, 4) is 11.5 Å². The molecule has 7 nitrogen and oxygen atoms in total. The molecule has 3 aliphatic rings. The van der Waals surface area contributed by atoms with Gasteiger partial charge in [0.15, 0.2) is 11.5 Å². The zero-order chi connectivity index (χ0) is 22.0. The monoisotopic (exact) mass is 452 g/mol. The first-order valence-corrected chi connectivity index (χ1v) is 11.1. The van der Waals surface area contributed by atoms with Gasteiger partial charge in [-0.25, -0.2) is 4.79 Å². The van der Waals surface area contributed by atoms with Gasteiger partial charge in [-0.1, -0.05) is 24.3 Å². The third-order valence-electron chi connectivity index (χ3n) is 6.91. The van der Waals surface area contributed by atoms with E-state index in [0.29, 0.717) is 11.5 Å². The summed E-state index contributed by atoms with van der Waals surface area (Å²) in [6.07, 6.45) is 1.59. The molecule has 0 radical (unpaired) electrons. The van der Waals surface area contributed by atoms with Crippen LogP contribution in [0.15, 0.2) is 42.5 Å². The summed E-state index contributed by atoms with van der Waals surface area (Å²) in [5.41, 5.74) is 3.28. The van der Waals surface area contributed by atoms with Crippen LogP contribution in [0.1, 0.15) is 35.7 Å². The average molecular weight is 453 g/mol. The van der Waals surface area contributed by atoms with Crippen LogP contribution in [0.2, 0.25) is 0 Å². The molecule has 0 bridgehead atoms. The third kappa shape index (κ3) is 2.54. The average Bonchev–Trinajstić information content (AvgIpc) is 3.27. The van der Waals surface area contributed by atoms with Gasteiger partial charge in [-0.3, -0.25) is 4.79 Å². The van der Waals surface area contributed by atoms with Crippen LogP contribution in [0, 0.1) is 0 Å². The van der Waals surface area contributed by atoms with E-state index in [2.05, 4.69) is 11.1 Å². The number of amides is 1. The highest BCUT2D eigenvalue weighted by atomic mass is 35.5. The van der Waals surface area contributed by atoms with Gasteiger partial charge >= 0.3 is 5.97 Å². The van der Waals surface area contributed by atoms with E-state index in [4.69, 9.17) is 25.8 Å². The highest BCUT2D eigenvalue weighted by Gasteiger charge is 2.64. The number of aromatic amines is 1. The van der Waals surface area contributed by atoms with Gasteiger partial charge in [-0.2, -0.15) is 0 Å². The largest absolute Gasteiger partial charge is 0.467 e. The lowest BCUT2D eigenvalue weighted by molar-refractivity contribution is -0.156. The Hall–Kier alpha value is -3.19. The van der Waals surface area contributed by atoms with Gasteiger partial charge < -0.3 is 24.1 Å². The number of nitrogens with zero attached hydrogens (tertiary/aromatic N) is 1. The summed E-state index contributed by atoms with van der Waals surface area (Å²) in [6.45, 7) is 0.152. The number of fused-ring (bicyclic) bond motifs is 5. The fourth-order valence-corrected chi connectivity index (χ4v) is 5.61. The Morgan fingerprint density at radius 1 is 1.19 bits per heavy atom. The molecule has 0 unspecified atom stereocenters. The molecule has 1 amide bonds. The van der Waals surface area contributed by atoms with E-state index in [1.54, 1.807) is 4.90 Å². The maximum atomic E-state index is 13.3. The van der Waals surface area contributed by atoms with E-state index in [-0.39, 0.29) is 18.6 Å². The van der Waals surface area contributed by atoms with E-state index in [0.717, 1.165) is 40.6 Å². The molecular weight excluding hydrogens is 432 g/mol. The number of rotatable bonds is 3. The van der Waals surface area contributed by atoms with Gasteiger partial charge in [0.05, 0.1) is 13.2 Å². The van der Waals surface area contributed by atoms with E-state index in [1.165, 1.54) is 7.11 Å². The smallest absolute Gasteiger partial charge is 0.329 e. The highest BCUT2D eigenvalue weighted by Crippen LogP contribution is 2.61. The molecule has 2 aromatic carbocycles. The van der Waals surface area contributed by atoms with Crippen molar-refractivity contribution >= 4 is 34.4 Å². The Balaban J connectivity index is 1.65. The highest BCUT2D eigenvalue weighted by molar-refractivity contribution is 6.27. The van der Waals surface area contributed by atoms with Crippen molar-refractivity contribution in [1.82, 2.24) is 9.88 Å². The molecule has 1 aliphatic carbocycles. The second kappa shape index (κ2) is 6.90. The molecular formula is C24H21ClN2O5. The van der Waals surface area contributed by atoms with Crippen molar-refractivity contribution in [2.45, 2.75) is 30.3 Å². The summed E-state index contributed by atoms with van der Waals surface area (Å²) >= 11 is 6.07. The molecule has 1 fully saturated rings. The number of carbonyl (C=O) groups excluding carboxylic acids is 2. The van der Waals surface area contributed by atoms with Crippen LogP contribution >= 0.6 is 11.6 Å². The predicted molar refractivity (Wildman–Crippen MR) is 117 cm³/mol. The van der Waals surface area contributed by atoms with Crippen molar-refractivity contribution in [3.63, 3.8) is 0 Å². The molecule has 164 valence electrons. The molecule has 2 atom stereocenters. The number of methoxy groups -OCH3 is 1. The van der Waals surface area contributed by atoms with Gasteiger partial charge in [-0.15, -0.1) is 11.6 Å². The minimum atomic E-state index is -0.763. The zero-order valence-corrected chi connectivity index (χ0v) is 18.1. The normalized spacial score (nSPS) is 22.1. The minimum absolute atomic E-state index is 0.152. The first kappa shape index (κ1) is 19.5. The number of para-hydroxylation sites is 1. The number of benzene rings is 2. The van der Waals surface area contributed by atoms with Crippen molar-refractivity contribution in [1.29, 1.82) is 0 Å². The number of nitrogens with one attached hydrogen (secondary N) is 1. The SMILES string of the molecule is COC(=O)[C@@H]1N(C(=O)CCl)[C@H](c2ccc3c(c2)OCO3)c2[nH]c3ccccc3c2C12CC2. The van der Waals surface area contributed by atoms with Crippen LogP contribution in [0.25, 0.3) is 10.9 Å². The molecule has 6 rings (SSSR count). The first-order valence-electron chi connectivity index (χ1n) is 10.5. The standard InChI is InChI=1S/C24H21ClN2O5/c1-30-23(29)22-24(8-9-24)19-14-4-2-3-5-15(14)26-20(19)21(27(22)18(28)11-25)13-6-7-16-17(10-13)32-12-31-16/h2-7,10,21-22,26H,8-9,11-12H2,1H3/t21-,22+/m1/s1. The number of alkyl halides is 1. The fourth-order valence-electron chi connectivity index (χ4n) is 5.47. The number of H-pyrrole nitrogens is 1. The summed E-state index contributed by atoms with van der Waals surface area (Å²) in [5.74, 6) is 0.280. The summed E-state index contributed by atoms with van der Waals surface area (Å²) in [4.78, 5) is 31.6. The molecule has 1 N–H and O–H groups in total. The van der Waals surface area contributed by atoms with Gasteiger partial charge in [0.1, 0.15) is 11.9 Å². The Bertz CT molecular complexity index is 1260. The van der Waals surface area contributed by atoms with Crippen molar-refractivity contribution in [2.24, 2.45) is 0 Å². The second-order valence-electron chi connectivity index (χ2n) is 8.49. The maximum absolute atomic E-state index is 13.3. The topological polar surface area (TPSA) is 80.9 Å². The summed E-state index contributed by atoms with van der Waals surface area (Å²) in [6, 6.07) is 12.3. The van der Waals surface area contributed by atoms with Crippen LogP contribution < -0.4 is 9.47 Å². The summed E-state index contributed by atoms with van der Waals surface area (Å²) < 4.78 is 16.3. The van der Waals surface area contributed by atoms with E-state index in [9.17, 15) is 9.59 Å². The summed E-state index contributed by atoms with van der Waals surface area (Å²) in [7, 11) is 1.36. The zero-order valence-electron chi connectivity index (χ0n) is 17.4. The summed E-state index contributed by atoms with van der Waals surface area (Å²) in [5, 5.41) is 1.07. The number of carbonyl (C=O) groups is 2. The Morgan fingerprint density at radius 3 is 2.72 bits per heavy atom. The Morgan fingerprint density at radius 2 is 1.97 bits per heavy atom. The molecule has 3 heterocycles. The van der Waals surface area contributed by atoms with Crippen LogP contribution in [0.3, 0.4) is 0 Å². The van der Waals surface area contributed by atoms with Gasteiger partial charge in [0.2, 0.25) is 12.7 Å². The van der Waals surface area contributed by atoms with Crippen LogP contribution in [0.5, 0.6) is 11.5 Å². The Labute approximate surface area is 189 Å². The van der Waals surface area contributed by atoms with E-state index >= 15 is 0 Å². The van der Waals surface area contributed by atoms with Crippen molar-refractivity contribution in [2.75, 3.05) is 19.8 Å². The van der Waals surface area contributed by atoms with Crippen LogP contribution in [-0.4, -0.2) is 47.6 Å². The second-order valence-corrected chi connectivity index (χ2v) is 8.76.